The molecular weight excluding hydrogens is 297 g/mol. The maximum atomic E-state index is 12.8. The number of hydrogen-bond acceptors (Lipinski definition) is 3. The molecule has 22 heavy (non-hydrogen) atoms. The highest BCUT2D eigenvalue weighted by atomic mass is 19.4. The molecule has 2 fully saturated rings. The second-order valence-electron chi connectivity index (χ2n) is 7.37. The highest BCUT2D eigenvalue weighted by molar-refractivity contribution is 5.68. The van der Waals surface area contributed by atoms with E-state index in [1.54, 1.807) is 4.90 Å². The molecule has 1 amide bonds. The lowest BCUT2D eigenvalue weighted by Gasteiger charge is -2.34. The summed E-state index contributed by atoms with van der Waals surface area (Å²) >= 11 is 0. The maximum absolute atomic E-state index is 12.8. The summed E-state index contributed by atoms with van der Waals surface area (Å²) in [5.41, 5.74) is -2.17. The molecule has 0 aromatic carbocycles. The van der Waals surface area contributed by atoms with Crippen molar-refractivity contribution < 1.29 is 22.7 Å². The van der Waals surface area contributed by atoms with E-state index >= 15 is 0 Å². The van der Waals surface area contributed by atoms with Gasteiger partial charge in [0.1, 0.15) is 11.1 Å². The minimum atomic E-state index is -4.16. The highest BCUT2D eigenvalue weighted by Crippen LogP contribution is 2.49. The first-order valence-electron chi connectivity index (χ1n) is 7.82. The fourth-order valence-electron chi connectivity index (χ4n) is 2.67. The minimum absolute atomic E-state index is 0.174. The molecule has 2 rings (SSSR count). The van der Waals surface area contributed by atoms with Gasteiger partial charge in [-0.05, 0) is 58.9 Å². The fraction of sp³-hybridized carbons (Fsp3) is 0.933. The Morgan fingerprint density at radius 3 is 2.18 bits per heavy atom. The minimum Gasteiger partial charge on any atom is -0.444 e. The molecule has 128 valence electrons. The second kappa shape index (κ2) is 5.91. The van der Waals surface area contributed by atoms with Crippen molar-refractivity contribution >= 4 is 6.09 Å². The van der Waals surface area contributed by atoms with Gasteiger partial charge in [-0.2, -0.15) is 13.2 Å². The Morgan fingerprint density at radius 1 is 1.23 bits per heavy atom. The van der Waals surface area contributed by atoms with Crippen molar-refractivity contribution in [1.29, 1.82) is 0 Å². The van der Waals surface area contributed by atoms with Crippen molar-refractivity contribution in [2.75, 3.05) is 19.6 Å². The van der Waals surface area contributed by atoms with Crippen LogP contribution in [0.25, 0.3) is 0 Å². The first-order chi connectivity index (χ1) is 10.0. The van der Waals surface area contributed by atoms with Crippen LogP contribution in [0.3, 0.4) is 0 Å². The monoisotopic (exact) mass is 322 g/mol. The lowest BCUT2D eigenvalue weighted by molar-refractivity contribution is -0.166. The van der Waals surface area contributed by atoms with Gasteiger partial charge in [-0.25, -0.2) is 4.79 Å². The summed E-state index contributed by atoms with van der Waals surface area (Å²) in [7, 11) is 0. The van der Waals surface area contributed by atoms with Gasteiger partial charge in [0.15, 0.2) is 0 Å². The van der Waals surface area contributed by atoms with Crippen LogP contribution < -0.4 is 5.32 Å². The van der Waals surface area contributed by atoms with Crippen LogP contribution in [0.4, 0.5) is 18.0 Å². The van der Waals surface area contributed by atoms with E-state index in [1.807, 2.05) is 20.8 Å². The van der Waals surface area contributed by atoms with E-state index in [2.05, 4.69) is 5.32 Å². The molecule has 1 aliphatic carbocycles. The lowest BCUT2D eigenvalue weighted by atomic mass is 9.96. The SMILES string of the molecule is CC(C)(C)OC(=O)N1CCC(CNC2(C(F)(F)F)CC2)CC1. The number of nitrogens with one attached hydrogen (secondary N) is 1. The summed E-state index contributed by atoms with van der Waals surface area (Å²) in [4.78, 5) is 13.6. The van der Waals surface area contributed by atoms with Crippen LogP contribution in [0.2, 0.25) is 0 Å². The van der Waals surface area contributed by atoms with Crippen molar-refractivity contribution in [3.8, 4) is 0 Å². The molecule has 0 radical (unpaired) electrons. The molecule has 1 saturated carbocycles. The molecule has 1 N–H and O–H groups in total. The Kier molecular flexibility index (Phi) is 4.66. The van der Waals surface area contributed by atoms with Gasteiger partial charge in [0.05, 0.1) is 0 Å². The van der Waals surface area contributed by atoms with Crippen molar-refractivity contribution in [3.05, 3.63) is 0 Å². The topological polar surface area (TPSA) is 41.6 Å². The summed E-state index contributed by atoms with van der Waals surface area (Å²) < 4.78 is 43.8. The Morgan fingerprint density at radius 2 is 1.77 bits per heavy atom. The molecule has 1 heterocycles. The molecule has 0 unspecified atom stereocenters. The third kappa shape index (κ3) is 4.27. The predicted molar refractivity (Wildman–Crippen MR) is 76.6 cm³/mol. The quantitative estimate of drug-likeness (QED) is 0.867. The number of alkyl halides is 3. The molecular formula is C15H25F3N2O2. The van der Waals surface area contributed by atoms with Crippen LogP contribution in [0.1, 0.15) is 46.5 Å². The normalized spacial score (nSPS) is 22.5. The highest BCUT2D eigenvalue weighted by Gasteiger charge is 2.63. The van der Waals surface area contributed by atoms with Gasteiger partial charge in [-0.15, -0.1) is 0 Å². The molecule has 0 spiro atoms. The lowest BCUT2D eigenvalue weighted by Crippen LogP contribution is -2.48. The molecule has 0 aromatic heterocycles. The van der Waals surface area contributed by atoms with Crippen LogP contribution in [0.15, 0.2) is 0 Å². The molecule has 2 aliphatic rings. The standard InChI is InChI=1S/C15H25F3N2O2/c1-13(2,3)22-12(21)20-8-4-11(5-9-20)10-19-14(6-7-14)15(16,17)18/h11,19H,4-10H2,1-3H3. The number of rotatable bonds is 3. The zero-order valence-corrected chi connectivity index (χ0v) is 13.4. The Hall–Kier alpha value is -0.980. The molecule has 0 atom stereocenters. The first kappa shape index (κ1) is 17.4. The van der Waals surface area contributed by atoms with Crippen molar-refractivity contribution in [2.45, 2.75) is 63.8 Å². The van der Waals surface area contributed by atoms with Crippen LogP contribution in [-0.4, -0.2) is 47.9 Å². The summed E-state index contributed by atoms with van der Waals surface area (Å²) in [5, 5.41) is 2.70. The van der Waals surface area contributed by atoms with E-state index in [4.69, 9.17) is 4.74 Å². The summed E-state index contributed by atoms with van der Waals surface area (Å²) in [5.74, 6) is 0.179. The molecule has 7 heteroatoms. The van der Waals surface area contributed by atoms with Crippen molar-refractivity contribution in [3.63, 3.8) is 0 Å². The molecule has 1 aliphatic heterocycles. The summed E-state index contributed by atoms with van der Waals surface area (Å²) in [6, 6.07) is 0. The maximum Gasteiger partial charge on any atom is 0.410 e. The fourth-order valence-corrected chi connectivity index (χ4v) is 2.67. The zero-order chi connectivity index (χ0) is 16.6. The molecule has 1 saturated heterocycles. The van der Waals surface area contributed by atoms with Gasteiger partial charge >= 0.3 is 12.3 Å². The third-order valence-electron chi connectivity index (χ3n) is 4.29. The average Bonchev–Trinajstić information content (AvgIpc) is 3.15. The number of carbonyl (C=O) groups excluding carboxylic acids is 1. The van der Waals surface area contributed by atoms with Crippen LogP contribution in [-0.2, 0) is 4.74 Å². The largest absolute Gasteiger partial charge is 0.444 e. The Labute approximate surface area is 129 Å². The van der Waals surface area contributed by atoms with Crippen LogP contribution in [0.5, 0.6) is 0 Å². The predicted octanol–water partition coefficient (Wildman–Crippen LogP) is 3.32. The number of ether oxygens (including phenoxy) is 1. The smallest absolute Gasteiger partial charge is 0.410 e. The van der Waals surface area contributed by atoms with E-state index in [9.17, 15) is 18.0 Å². The average molecular weight is 322 g/mol. The van der Waals surface area contributed by atoms with Crippen molar-refractivity contribution in [1.82, 2.24) is 10.2 Å². The van der Waals surface area contributed by atoms with E-state index in [0.717, 1.165) is 0 Å². The molecule has 0 bridgehead atoms. The Balaban J connectivity index is 1.73. The van der Waals surface area contributed by atoms with E-state index < -0.39 is 17.3 Å². The summed E-state index contributed by atoms with van der Waals surface area (Å²) in [6.07, 6.45) is -2.74. The second-order valence-corrected chi connectivity index (χ2v) is 7.37. The number of carbonyl (C=O) groups is 1. The van der Waals surface area contributed by atoms with Gasteiger partial charge < -0.3 is 15.0 Å². The number of nitrogens with zero attached hydrogens (tertiary/aromatic N) is 1. The number of piperidine rings is 1. The van der Waals surface area contributed by atoms with E-state index in [0.29, 0.717) is 32.5 Å². The summed E-state index contributed by atoms with van der Waals surface area (Å²) in [6.45, 7) is 6.89. The number of halogens is 3. The van der Waals surface area contributed by atoms with Gasteiger partial charge in [0.25, 0.3) is 0 Å². The number of hydrogen-bond donors (Lipinski definition) is 1. The zero-order valence-electron chi connectivity index (χ0n) is 13.4. The van der Waals surface area contributed by atoms with Crippen LogP contribution in [0, 0.1) is 5.92 Å². The number of likely N-dealkylation sites (tertiary alicyclic amines) is 1. The van der Waals surface area contributed by atoms with E-state index in [1.165, 1.54) is 0 Å². The molecule has 4 nitrogen and oxygen atoms in total. The third-order valence-corrected chi connectivity index (χ3v) is 4.29. The van der Waals surface area contributed by atoms with Gasteiger partial charge in [-0.1, -0.05) is 0 Å². The van der Waals surface area contributed by atoms with Gasteiger partial charge in [0, 0.05) is 13.1 Å². The van der Waals surface area contributed by atoms with Crippen molar-refractivity contribution in [2.24, 2.45) is 5.92 Å². The number of amides is 1. The molecule has 0 aromatic rings. The van der Waals surface area contributed by atoms with Gasteiger partial charge in [0.2, 0.25) is 0 Å². The van der Waals surface area contributed by atoms with Gasteiger partial charge in [-0.3, -0.25) is 0 Å². The van der Waals surface area contributed by atoms with E-state index in [-0.39, 0.29) is 24.9 Å². The van der Waals surface area contributed by atoms with Crippen LogP contribution >= 0.6 is 0 Å². The Bertz CT molecular complexity index is 406. The first-order valence-corrected chi connectivity index (χ1v) is 7.82.